The lowest BCUT2D eigenvalue weighted by atomic mass is 10.3. The van der Waals surface area contributed by atoms with E-state index in [1.807, 2.05) is 6.07 Å². The number of sulfonamides is 1. The minimum Gasteiger partial charge on any atom is -0.487 e. The summed E-state index contributed by atoms with van der Waals surface area (Å²) in [6, 6.07) is 3.60. The molecule has 0 aliphatic carbocycles. The van der Waals surface area contributed by atoms with E-state index in [9.17, 15) is 8.42 Å². The molecule has 0 saturated carbocycles. The van der Waals surface area contributed by atoms with E-state index in [2.05, 4.69) is 4.98 Å². The van der Waals surface area contributed by atoms with Crippen LogP contribution in [0.15, 0.2) is 24.5 Å². The Balaban J connectivity index is 1.89. The second kappa shape index (κ2) is 6.31. The summed E-state index contributed by atoms with van der Waals surface area (Å²) >= 11 is 0. The van der Waals surface area contributed by atoms with Gasteiger partial charge in [-0.1, -0.05) is 0 Å². The summed E-state index contributed by atoms with van der Waals surface area (Å²) in [5.74, 6) is 0.687. The van der Waals surface area contributed by atoms with E-state index in [0.717, 1.165) is 0 Å². The highest BCUT2D eigenvalue weighted by Crippen LogP contribution is 2.19. The zero-order valence-electron chi connectivity index (χ0n) is 10.9. The number of aromatic nitrogens is 1. The van der Waals surface area contributed by atoms with Crippen molar-refractivity contribution in [1.82, 2.24) is 9.29 Å². The van der Waals surface area contributed by atoms with Gasteiger partial charge in [0.15, 0.2) is 0 Å². The summed E-state index contributed by atoms with van der Waals surface area (Å²) in [7, 11) is -1.74. The smallest absolute Gasteiger partial charge is 0.216 e. The highest BCUT2D eigenvalue weighted by molar-refractivity contribution is 7.89. The maximum absolute atomic E-state index is 12.0. The number of ether oxygens (including phenoxy) is 2. The molecule has 0 N–H and O–H groups in total. The molecular formula is C12H18N2O4S. The van der Waals surface area contributed by atoms with E-state index in [1.54, 1.807) is 18.5 Å². The average molecular weight is 286 g/mol. The Hall–Kier alpha value is -1.18. The standard InChI is InChI=1S/C12H18N2O4S/c1-17-7-8-19(15,16)14-6-4-12(10-14)18-11-3-2-5-13-9-11/h2-3,5,9,12H,4,6-8,10H2,1H3/t12-/m0/s1. The van der Waals surface area contributed by atoms with Gasteiger partial charge >= 0.3 is 0 Å². The third-order valence-corrected chi connectivity index (χ3v) is 4.78. The first-order valence-electron chi connectivity index (χ1n) is 6.15. The van der Waals surface area contributed by atoms with E-state index in [4.69, 9.17) is 9.47 Å². The largest absolute Gasteiger partial charge is 0.487 e. The van der Waals surface area contributed by atoms with Crippen LogP contribution >= 0.6 is 0 Å². The van der Waals surface area contributed by atoms with Crippen LogP contribution < -0.4 is 4.74 Å². The molecule has 19 heavy (non-hydrogen) atoms. The zero-order valence-corrected chi connectivity index (χ0v) is 11.7. The predicted molar refractivity (Wildman–Crippen MR) is 70.5 cm³/mol. The maximum Gasteiger partial charge on any atom is 0.216 e. The summed E-state index contributed by atoms with van der Waals surface area (Å²) < 4.78 is 35.9. The van der Waals surface area contributed by atoms with Gasteiger partial charge in [0.05, 0.1) is 25.1 Å². The molecule has 2 heterocycles. The van der Waals surface area contributed by atoms with Crippen LogP contribution in [0.2, 0.25) is 0 Å². The molecule has 1 aromatic rings. The normalized spacial score (nSPS) is 20.6. The fourth-order valence-corrected chi connectivity index (χ4v) is 3.39. The minimum atomic E-state index is -3.23. The van der Waals surface area contributed by atoms with E-state index in [0.29, 0.717) is 25.3 Å². The van der Waals surface area contributed by atoms with Crippen molar-refractivity contribution < 1.29 is 17.9 Å². The zero-order chi connectivity index (χ0) is 13.7. The highest BCUT2D eigenvalue weighted by atomic mass is 32.2. The van der Waals surface area contributed by atoms with Gasteiger partial charge in [-0.3, -0.25) is 4.98 Å². The van der Waals surface area contributed by atoms with Crippen molar-refractivity contribution in [3.05, 3.63) is 24.5 Å². The Morgan fingerprint density at radius 1 is 1.53 bits per heavy atom. The average Bonchev–Trinajstić information content (AvgIpc) is 2.87. The predicted octanol–water partition coefficient (Wildman–Crippen LogP) is 0.511. The van der Waals surface area contributed by atoms with E-state index in [1.165, 1.54) is 11.4 Å². The van der Waals surface area contributed by atoms with Crippen molar-refractivity contribution in [2.45, 2.75) is 12.5 Å². The molecule has 1 aliphatic heterocycles. The van der Waals surface area contributed by atoms with Gasteiger partial charge in [-0.15, -0.1) is 0 Å². The monoisotopic (exact) mass is 286 g/mol. The van der Waals surface area contributed by atoms with Gasteiger partial charge in [0.1, 0.15) is 11.9 Å². The number of hydrogen-bond donors (Lipinski definition) is 0. The third kappa shape index (κ3) is 3.89. The SMILES string of the molecule is COCCS(=O)(=O)N1CC[C@H](Oc2cccnc2)C1. The number of hydrogen-bond acceptors (Lipinski definition) is 5. The number of nitrogens with zero attached hydrogens (tertiary/aromatic N) is 2. The van der Waals surface area contributed by atoms with Crippen molar-refractivity contribution >= 4 is 10.0 Å². The molecule has 0 bridgehead atoms. The van der Waals surface area contributed by atoms with Gasteiger partial charge in [-0.25, -0.2) is 8.42 Å². The maximum atomic E-state index is 12.0. The number of rotatable bonds is 6. The molecule has 0 amide bonds. The summed E-state index contributed by atoms with van der Waals surface area (Å²) in [6.07, 6.45) is 3.88. The fraction of sp³-hybridized carbons (Fsp3) is 0.583. The Kier molecular flexibility index (Phi) is 4.73. The fourth-order valence-electron chi connectivity index (χ4n) is 1.97. The molecule has 1 fully saturated rings. The summed E-state index contributed by atoms with van der Waals surface area (Å²) in [4.78, 5) is 3.96. The summed E-state index contributed by atoms with van der Waals surface area (Å²) in [6.45, 7) is 1.10. The lowest BCUT2D eigenvalue weighted by molar-refractivity contribution is 0.210. The van der Waals surface area contributed by atoms with Crippen LogP contribution in [-0.4, -0.2) is 56.4 Å². The van der Waals surface area contributed by atoms with Crippen LogP contribution in [0.4, 0.5) is 0 Å². The van der Waals surface area contributed by atoms with Crippen LogP contribution in [0.25, 0.3) is 0 Å². The summed E-state index contributed by atoms with van der Waals surface area (Å²) in [5, 5.41) is 0. The molecule has 106 valence electrons. The molecule has 0 aromatic carbocycles. The van der Waals surface area contributed by atoms with Gasteiger partial charge in [0.25, 0.3) is 0 Å². The Morgan fingerprint density at radius 3 is 3.05 bits per heavy atom. The molecule has 1 atom stereocenters. The molecule has 1 aromatic heterocycles. The second-order valence-electron chi connectivity index (χ2n) is 4.38. The van der Waals surface area contributed by atoms with E-state index >= 15 is 0 Å². The Bertz CT molecular complexity index is 492. The topological polar surface area (TPSA) is 68.7 Å². The quantitative estimate of drug-likeness (QED) is 0.762. The molecule has 0 spiro atoms. The Labute approximate surface area is 113 Å². The van der Waals surface area contributed by atoms with Gasteiger partial charge in [0.2, 0.25) is 10.0 Å². The third-order valence-electron chi connectivity index (χ3n) is 2.98. The molecule has 1 aliphatic rings. The van der Waals surface area contributed by atoms with Crippen LogP contribution in [0, 0.1) is 0 Å². The second-order valence-corrected chi connectivity index (χ2v) is 6.47. The first-order valence-corrected chi connectivity index (χ1v) is 7.76. The van der Waals surface area contributed by atoms with E-state index < -0.39 is 10.0 Å². The van der Waals surface area contributed by atoms with Crippen LogP contribution in [0.5, 0.6) is 5.75 Å². The van der Waals surface area contributed by atoms with Crippen molar-refractivity contribution in [3.8, 4) is 5.75 Å². The van der Waals surface area contributed by atoms with Crippen molar-refractivity contribution in [2.24, 2.45) is 0 Å². The van der Waals surface area contributed by atoms with Crippen molar-refractivity contribution in [2.75, 3.05) is 32.6 Å². The lowest BCUT2D eigenvalue weighted by Crippen LogP contribution is -2.34. The van der Waals surface area contributed by atoms with Gasteiger partial charge in [-0.2, -0.15) is 4.31 Å². The molecule has 0 radical (unpaired) electrons. The molecule has 6 nitrogen and oxygen atoms in total. The van der Waals surface area contributed by atoms with Gasteiger partial charge in [0, 0.05) is 19.9 Å². The van der Waals surface area contributed by atoms with Gasteiger partial charge < -0.3 is 9.47 Å². The van der Waals surface area contributed by atoms with Crippen LogP contribution in [0.3, 0.4) is 0 Å². The first-order chi connectivity index (χ1) is 9.12. The first kappa shape index (κ1) is 14.2. The molecule has 2 rings (SSSR count). The molecule has 1 saturated heterocycles. The summed E-state index contributed by atoms with van der Waals surface area (Å²) in [5.41, 5.74) is 0. The van der Waals surface area contributed by atoms with Crippen molar-refractivity contribution in [1.29, 1.82) is 0 Å². The van der Waals surface area contributed by atoms with Gasteiger partial charge in [-0.05, 0) is 18.6 Å². The van der Waals surface area contributed by atoms with Crippen LogP contribution in [-0.2, 0) is 14.8 Å². The molecule has 7 heteroatoms. The molecule has 0 unspecified atom stereocenters. The lowest BCUT2D eigenvalue weighted by Gasteiger charge is -2.16. The van der Waals surface area contributed by atoms with E-state index in [-0.39, 0.29) is 18.5 Å². The minimum absolute atomic E-state index is 0.0170. The van der Waals surface area contributed by atoms with Crippen LogP contribution in [0.1, 0.15) is 6.42 Å². The van der Waals surface area contributed by atoms with Crippen molar-refractivity contribution in [3.63, 3.8) is 0 Å². The highest BCUT2D eigenvalue weighted by Gasteiger charge is 2.32. The number of pyridine rings is 1. The Morgan fingerprint density at radius 2 is 2.37 bits per heavy atom. The molecular weight excluding hydrogens is 268 g/mol. The number of methoxy groups -OCH3 is 1.